The van der Waals surface area contributed by atoms with Crippen molar-refractivity contribution < 1.29 is 9.59 Å². The third-order valence-corrected chi connectivity index (χ3v) is 4.18. The summed E-state index contributed by atoms with van der Waals surface area (Å²) in [5, 5.41) is 9.33. The van der Waals surface area contributed by atoms with E-state index in [-0.39, 0.29) is 11.9 Å². The van der Waals surface area contributed by atoms with Crippen LogP contribution in [0.15, 0.2) is 6.07 Å². The highest BCUT2D eigenvalue weighted by Gasteiger charge is 2.20. The first-order valence-electron chi connectivity index (χ1n) is 6.74. The number of nitrogens with one attached hydrogen (secondary N) is 3. The lowest BCUT2D eigenvalue weighted by Gasteiger charge is -2.16. The van der Waals surface area contributed by atoms with Crippen LogP contribution in [0.1, 0.15) is 34.5 Å². The molecule has 2 rings (SSSR count). The van der Waals surface area contributed by atoms with E-state index in [1.165, 1.54) is 11.3 Å². The molecule has 1 aromatic rings. The highest BCUT2D eigenvalue weighted by molar-refractivity contribution is 7.16. The van der Waals surface area contributed by atoms with Crippen LogP contribution in [0, 0.1) is 6.92 Å². The number of carbonyl (C=O) groups excluding carboxylic acids is 2. The second kappa shape index (κ2) is 6.71. The van der Waals surface area contributed by atoms with Gasteiger partial charge < -0.3 is 16.4 Å². The summed E-state index contributed by atoms with van der Waals surface area (Å²) >= 11 is 1.35. The molecule has 1 fully saturated rings. The topological polar surface area (TPSA) is 96.2 Å². The molecule has 1 saturated heterocycles. The van der Waals surface area contributed by atoms with Crippen molar-refractivity contribution in [2.75, 3.05) is 18.4 Å². The summed E-state index contributed by atoms with van der Waals surface area (Å²) in [5.74, 6) is -0.160. The number of hydrogen-bond donors (Lipinski definition) is 4. The highest BCUT2D eigenvalue weighted by Crippen LogP contribution is 2.27. The van der Waals surface area contributed by atoms with E-state index in [2.05, 4.69) is 16.0 Å². The molecule has 0 aliphatic carbocycles. The molecule has 7 heteroatoms. The Balaban J connectivity index is 2.06. The fourth-order valence-electron chi connectivity index (χ4n) is 2.29. The Morgan fingerprint density at radius 1 is 1.45 bits per heavy atom. The van der Waals surface area contributed by atoms with Crippen molar-refractivity contribution in [3.8, 4) is 0 Å². The van der Waals surface area contributed by atoms with Gasteiger partial charge in [0.25, 0.3) is 5.91 Å². The second-order valence-corrected chi connectivity index (χ2v) is 6.22. The van der Waals surface area contributed by atoms with E-state index in [0.29, 0.717) is 10.6 Å². The van der Waals surface area contributed by atoms with E-state index in [9.17, 15) is 9.59 Å². The van der Waals surface area contributed by atoms with Gasteiger partial charge in [-0.2, -0.15) is 0 Å². The van der Waals surface area contributed by atoms with Crippen molar-refractivity contribution in [3.63, 3.8) is 0 Å². The first-order valence-corrected chi connectivity index (χ1v) is 7.56. The number of primary amides is 1. The summed E-state index contributed by atoms with van der Waals surface area (Å²) in [6.45, 7) is 3.67. The molecule has 0 unspecified atom stereocenters. The Hall–Kier alpha value is -1.60. The fourth-order valence-corrected chi connectivity index (χ4v) is 3.21. The smallest absolute Gasteiger partial charge is 0.317 e. The minimum atomic E-state index is -0.656. The third kappa shape index (κ3) is 3.94. The molecule has 2 heterocycles. The molecule has 20 heavy (non-hydrogen) atoms. The van der Waals surface area contributed by atoms with Crippen LogP contribution in [0.5, 0.6) is 0 Å². The molecule has 0 spiro atoms. The Kier molecular flexibility index (Phi) is 4.97. The molecule has 1 aliphatic heterocycles. The first-order chi connectivity index (χ1) is 9.56. The molecule has 110 valence electrons. The lowest BCUT2D eigenvalue weighted by molar-refractivity contribution is 0.0937. The second-order valence-electron chi connectivity index (χ2n) is 4.96. The summed E-state index contributed by atoms with van der Waals surface area (Å²) in [5.41, 5.74) is 5.60. The van der Waals surface area contributed by atoms with E-state index in [1.54, 1.807) is 6.07 Å². The van der Waals surface area contributed by atoms with Crippen molar-refractivity contribution >= 4 is 28.3 Å². The van der Waals surface area contributed by atoms with Crippen LogP contribution in [-0.4, -0.2) is 31.1 Å². The molecule has 0 bridgehead atoms. The zero-order valence-corrected chi connectivity index (χ0v) is 12.3. The molecular weight excluding hydrogens is 276 g/mol. The van der Waals surface area contributed by atoms with Crippen molar-refractivity contribution in [3.05, 3.63) is 16.5 Å². The zero-order chi connectivity index (χ0) is 14.5. The van der Waals surface area contributed by atoms with Crippen LogP contribution in [0.3, 0.4) is 0 Å². The van der Waals surface area contributed by atoms with Crippen molar-refractivity contribution in [1.29, 1.82) is 0 Å². The molecular formula is C13H20N4O2S. The van der Waals surface area contributed by atoms with Gasteiger partial charge in [0, 0.05) is 17.5 Å². The van der Waals surface area contributed by atoms with Crippen LogP contribution in [0.2, 0.25) is 0 Å². The van der Waals surface area contributed by atoms with Gasteiger partial charge in [0.2, 0.25) is 0 Å². The number of thiophene rings is 1. The third-order valence-electron chi connectivity index (χ3n) is 3.22. The summed E-state index contributed by atoms with van der Waals surface area (Å²) in [6.07, 6.45) is 3.21. The van der Waals surface area contributed by atoms with Gasteiger partial charge in [-0.3, -0.25) is 10.1 Å². The molecule has 6 nitrogen and oxygen atoms in total. The lowest BCUT2D eigenvalue weighted by atomic mass is 10.1. The SMILES string of the molecule is Cc1cc(C(=O)N[C@H]2CCCCNC2)c(NC(N)=O)s1. The number of carbonyl (C=O) groups is 2. The van der Waals surface area contributed by atoms with E-state index in [1.807, 2.05) is 6.92 Å². The Bertz CT molecular complexity index is 493. The summed E-state index contributed by atoms with van der Waals surface area (Å²) < 4.78 is 0. The van der Waals surface area contributed by atoms with Crippen LogP contribution in [-0.2, 0) is 0 Å². The van der Waals surface area contributed by atoms with Gasteiger partial charge in [-0.05, 0) is 32.4 Å². The Labute approximate surface area is 122 Å². The van der Waals surface area contributed by atoms with Crippen LogP contribution in [0.4, 0.5) is 9.80 Å². The summed E-state index contributed by atoms with van der Waals surface area (Å²) in [4.78, 5) is 24.2. The fraction of sp³-hybridized carbons (Fsp3) is 0.538. The number of anilines is 1. The van der Waals surface area contributed by atoms with Gasteiger partial charge in [-0.15, -0.1) is 11.3 Å². The average Bonchev–Trinajstić information content (AvgIpc) is 2.59. The molecule has 1 aliphatic rings. The van der Waals surface area contributed by atoms with Crippen molar-refractivity contribution in [2.45, 2.75) is 32.2 Å². The summed E-state index contributed by atoms with van der Waals surface area (Å²) in [6, 6.07) is 1.25. The van der Waals surface area contributed by atoms with E-state index in [4.69, 9.17) is 5.73 Å². The van der Waals surface area contributed by atoms with E-state index >= 15 is 0 Å². The maximum absolute atomic E-state index is 12.3. The first kappa shape index (κ1) is 14.8. The quantitative estimate of drug-likeness (QED) is 0.679. The van der Waals surface area contributed by atoms with Gasteiger partial charge in [0.05, 0.1) is 5.56 Å². The average molecular weight is 296 g/mol. The standard InChI is InChI=1S/C13H20N4O2S/c1-8-6-10(12(20-8)17-13(14)19)11(18)16-9-4-2-3-5-15-7-9/h6,9,15H,2-5,7H2,1H3,(H,16,18)(H3,14,17,19)/t9-/m0/s1. The monoisotopic (exact) mass is 296 g/mol. The Morgan fingerprint density at radius 2 is 2.25 bits per heavy atom. The number of amides is 3. The maximum Gasteiger partial charge on any atom is 0.317 e. The molecule has 1 aromatic heterocycles. The molecule has 0 aromatic carbocycles. The number of rotatable bonds is 3. The number of nitrogens with two attached hydrogens (primary N) is 1. The van der Waals surface area contributed by atoms with Crippen molar-refractivity contribution in [2.24, 2.45) is 5.73 Å². The molecule has 5 N–H and O–H groups in total. The maximum atomic E-state index is 12.3. The Morgan fingerprint density at radius 3 is 3.00 bits per heavy atom. The van der Waals surface area contributed by atoms with Crippen LogP contribution < -0.4 is 21.7 Å². The minimum Gasteiger partial charge on any atom is -0.351 e. The largest absolute Gasteiger partial charge is 0.351 e. The van der Waals surface area contributed by atoms with Crippen molar-refractivity contribution in [1.82, 2.24) is 10.6 Å². The number of urea groups is 1. The van der Waals surface area contributed by atoms with Gasteiger partial charge >= 0.3 is 6.03 Å². The predicted molar refractivity (Wildman–Crippen MR) is 80.2 cm³/mol. The van der Waals surface area contributed by atoms with E-state index in [0.717, 1.165) is 37.2 Å². The molecule has 0 saturated carbocycles. The minimum absolute atomic E-state index is 0.131. The number of aryl methyl sites for hydroxylation is 1. The van der Waals surface area contributed by atoms with Gasteiger partial charge in [-0.1, -0.05) is 6.42 Å². The van der Waals surface area contributed by atoms with Gasteiger partial charge in [-0.25, -0.2) is 4.79 Å². The van der Waals surface area contributed by atoms with Gasteiger partial charge in [0.1, 0.15) is 5.00 Å². The van der Waals surface area contributed by atoms with Gasteiger partial charge in [0.15, 0.2) is 0 Å². The lowest BCUT2D eigenvalue weighted by Crippen LogP contribution is -2.41. The van der Waals surface area contributed by atoms with Crippen LogP contribution in [0.25, 0.3) is 0 Å². The molecule has 1 atom stereocenters. The predicted octanol–water partition coefficient (Wildman–Crippen LogP) is 1.42. The number of hydrogen-bond acceptors (Lipinski definition) is 4. The zero-order valence-electron chi connectivity index (χ0n) is 11.5. The van der Waals surface area contributed by atoms with Crippen LogP contribution >= 0.6 is 11.3 Å². The molecule has 0 radical (unpaired) electrons. The van der Waals surface area contributed by atoms with E-state index < -0.39 is 6.03 Å². The highest BCUT2D eigenvalue weighted by atomic mass is 32.1. The molecule has 3 amide bonds. The summed E-state index contributed by atoms with van der Waals surface area (Å²) in [7, 11) is 0. The normalized spacial score (nSPS) is 19.1.